The van der Waals surface area contributed by atoms with Crippen LogP contribution in [0, 0.1) is 6.92 Å². The Morgan fingerprint density at radius 1 is 1.33 bits per heavy atom. The first-order chi connectivity index (χ1) is 8.74. The molecule has 0 aliphatic carbocycles. The predicted molar refractivity (Wildman–Crippen MR) is 76.5 cm³/mol. The highest BCUT2D eigenvalue weighted by atomic mass is 32.1. The van der Waals surface area contributed by atoms with Crippen LogP contribution < -0.4 is 11.3 Å². The molecular weight excluding hydrogens is 242 g/mol. The van der Waals surface area contributed by atoms with Gasteiger partial charge in [-0.3, -0.25) is 5.84 Å². The zero-order chi connectivity index (χ0) is 13.0. The van der Waals surface area contributed by atoms with Crippen molar-refractivity contribution in [3.63, 3.8) is 0 Å². The number of aromatic nitrogens is 1. The lowest BCUT2D eigenvalue weighted by atomic mass is 10.0. The maximum Gasteiger partial charge on any atom is 0.0897 e. The van der Waals surface area contributed by atoms with Crippen molar-refractivity contribution >= 4 is 11.3 Å². The summed E-state index contributed by atoms with van der Waals surface area (Å²) < 4.78 is 0. The molecule has 18 heavy (non-hydrogen) atoms. The number of nitrogens with zero attached hydrogens (tertiary/aromatic N) is 1. The second kappa shape index (κ2) is 6.09. The molecule has 4 heteroatoms. The van der Waals surface area contributed by atoms with E-state index in [1.807, 2.05) is 13.1 Å². The Kier molecular flexibility index (Phi) is 4.47. The summed E-state index contributed by atoms with van der Waals surface area (Å²) in [4.78, 5) is 5.43. The lowest BCUT2D eigenvalue weighted by Gasteiger charge is -2.14. The molecule has 2 aromatic rings. The minimum atomic E-state index is 0.0341. The van der Waals surface area contributed by atoms with Gasteiger partial charge < -0.3 is 0 Å². The number of thiazole rings is 1. The first-order valence-electron chi connectivity index (χ1n) is 6.22. The quantitative estimate of drug-likeness (QED) is 0.642. The fraction of sp³-hybridized carbons (Fsp3) is 0.357. The van der Waals surface area contributed by atoms with Gasteiger partial charge in [0.2, 0.25) is 0 Å². The van der Waals surface area contributed by atoms with Crippen LogP contribution in [-0.4, -0.2) is 4.98 Å². The molecule has 0 bridgehead atoms. The number of hydrogen-bond donors (Lipinski definition) is 2. The Labute approximate surface area is 112 Å². The van der Waals surface area contributed by atoms with Crippen LogP contribution in [0.4, 0.5) is 0 Å². The molecule has 0 spiro atoms. The molecular formula is C14H19N3S. The molecule has 2 rings (SSSR count). The van der Waals surface area contributed by atoms with Crippen molar-refractivity contribution in [3.8, 4) is 0 Å². The van der Waals surface area contributed by atoms with Crippen molar-refractivity contribution in [1.29, 1.82) is 0 Å². The second-order valence-electron chi connectivity index (χ2n) is 4.37. The van der Waals surface area contributed by atoms with Gasteiger partial charge >= 0.3 is 0 Å². The number of nitrogens with one attached hydrogen (secondary N) is 1. The Hall–Kier alpha value is -1.23. The van der Waals surface area contributed by atoms with Crippen molar-refractivity contribution in [3.05, 3.63) is 51.5 Å². The average Bonchev–Trinajstić information content (AvgIpc) is 2.79. The van der Waals surface area contributed by atoms with Crippen LogP contribution in [0.5, 0.6) is 0 Å². The Balaban J connectivity index is 2.22. The van der Waals surface area contributed by atoms with Crippen molar-refractivity contribution in [2.24, 2.45) is 5.84 Å². The average molecular weight is 261 g/mol. The summed E-state index contributed by atoms with van der Waals surface area (Å²) in [6.45, 7) is 4.20. The minimum absolute atomic E-state index is 0.0341. The van der Waals surface area contributed by atoms with E-state index in [0.717, 1.165) is 16.3 Å². The molecule has 0 amide bonds. The van der Waals surface area contributed by atoms with Crippen molar-refractivity contribution in [2.75, 3.05) is 0 Å². The molecule has 0 saturated carbocycles. The Morgan fingerprint density at radius 3 is 2.56 bits per heavy atom. The highest BCUT2D eigenvalue weighted by Gasteiger charge is 2.14. The highest BCUT2D eigenvalue weighted by Crippen LogP contribution is 2.26. The van der Waals surface area contributed by atoms with Crippen LogP contribution in [0.25, 0.3) is 0 Å². The van der Waals surface area contributed by atoms with Gasteiger partial charge in [0.25, 0.3) is 0 Å². The Morgan fingerprint density at radius 2 is 2.06 bits per heavy atom. The van der Waals surface area contributed by atoms with Crippen molar-refractivity contribution in [2.45, 2.75) is 32.7 Å². The van der Waals surface area contributed by atoms with Gasteiger partial charge in [-0.25, -0.2) is 10.4 Å². The fourth-order valence-electron chi connectivity index (χ4n) is 2.02. The third-order valence-electron chi connectivity index (χ3n) is 2.94. The molecule has 96 valence electrons. The topological polar surface area (TPSA) is 50.9 Å². The molecule has 0 aliphatic rings. The van der Waals surface area contributed by atoms with Crippen LogP contribution >= 0.6 is 11.3 Å². The summed E-state index contributed by atoms with van der Waals surface area (Å²) in [5.74, 6) is 5.67. The van der Waals surface area contributed by atoms with E-state index in [1.54, 1.807) is 11.3 Å². The van der Waals surface area contributed by atoms with Gasteiger partial charge in [-0.2, -0.15) is 0 Å². The SMILES string of the molecule is CCCc1ccc(C(NN)c2cnc(C)s2)cc1. The monoisotopic (exact) mass is 261 g/mol. The zero-order valence-electron chi connectivity index (χ0n) is 10.8. The van der Waals surface area contributed by atoms with E-state index >= 15 is 0 Å². The molecule has 1 unspecified atom stereocenters. The van der Waals surface area contributed by atoms with Gasteiger partial charge in [0.1, 0.15) is 0 Å². The summed E-state index contributed by atoms with van der Waals surface area (Å²) in [6.07, 6.45) is 4.19. The van der Waals surface area contributed by atoms with E-state index in [-0.39, 0.29) is 6.04 Å². The molecule has 1 atom stereocenters. The summed E-state index contributed by atoms with van der Waals surface area (Å²) in [6, 6.07) is 8.68. The minimum Gasteiger partial charge on any atom is -0.271 e. The molecule has 1 aromatic carbocycles. The lowest BCUT2D eigenvalue weighted by Crippen LogP contribution is -2.28. The number of benzene rings is 1. The molecule has 0 aliphatic heterocycles. The summed E-state index contributed by atoms with van der Waals surface area (Å²) in [5.41, 5.74) is 5.42. The van der Waals surface area contributed by atoms with Gasteiger partial charge in [-0.05, 0) is 24.5 Å². The lowest BCUT2D eigenvalue weighted by molar-refractivity contribution is 0.645. The van der Waals surface area contributed by atoms with E-state index in [9.17, 15) is 0 Å². The van der Waals surface area contributed by atoms with E-state index in [1.165, 1.54) is 17.5 Å². The molecule has 1 aromatic heterocycles. The molecule has 0 radical (unpaired) electrons. The van der Waals surface area contributed by atoms with E-state index in [4.69, 9.17) is 5.84 Å². The largest absolute Gasteiger partial charge is 0.271 e. The van der Waals surface area contributed by atoms with Gasteiger partial charge in [0, 0.05) is 11.1 Å². The normalized spacial score (nSPS) is 12.6. The molecule has 0 saturated heterocycles. The number of aryl methyl sites for hydroxylation is 2. The second-order valence-corrected chi connectivity index (χ2v) is 5.64. The zero-order valence-corrected chi connectivity index (χ0v) is 11.6. The fourth-order valence-corrected chi connectivity index (χ4v) is 2.89. The number of rotatable bonds is 5. The smallest absolute Gasteiger partial charge is 0.0897 e. The van der Waals surface area contributed by atoms with Crippen LogP contribution in [0.15, 0.2) is 30.5 Å². The van der Waals surface area contributed by atoms with Crippen molar-refractivity contribution < 1.29 is 0 Å². The standard InChI is InChI=1S/C14H19N3S/c1-3-4-11-5-7-12(8-6-11)14(17-15)13-9-16-10(2)18-13/h5-9,14,17H,3-4,15H2,1-2H3. The Bertz CT molecular complexity index is 490. The van der Waals surface area contributed by atoms with Crippen LogP contribution in [-0.2, 0) is 6.42 Å². The highest BCUT2D eigenvalue weighted by molar-refractivity contribution is 7.11. The van der Waals surface area contributed by atoms with Crippen LogP contribution in [0.3, 0.4) is 0 Å². The number of hydrazine groups is 1. The summed E-state index contributed by atoms with van der Waals surface area (Å²) in [7, 11) is 0. The van der Waals surface area contributed by atoms with Crippen LogP contribution in [0.2, 0.25) is 0 Å². The van der Waals surface area contributed by atoms with Gasteiger partial charge in [0.15, 0.2) is 0 Å². The third kappa shape index (κ3) is 2.96. The third-order valence-corrected chi connectivity index (χ3v) is 3.92. The first kappa shape index (κ1) is 13.2. The predicted octanol–water partition coefficient (Wildman–Crippen LogP) is 2.96. The van der Waals surface area contributed by atoms with E-state index < -0.39 is 0 Å². The number of hydrogen-bond acceptors (Lipinski definition) is 4. The van der Waals surface area contributed by atoms with Gasteiger partial charge in [0.05, 0.1) is 11.0 Å². The van der Waals surface area contributed by atoms with Crippen molar-refractivity contribution in [1.82, 2.24) is 10.4 Å². The maximum absolute atomic E-state index is 5.67. The van der Waals surface area contributed by atoms with Gasteiger partial charge in [-0.15, -0.1) is 11.3 Å². The van der Waals surface area contributed by atoms with E-state index in [0.29, 0.717) is 0 Å². The van der Waals surface area contributed by atoms with E-state index in [2.05, 4.69) is 41.6 Å². The summed E-state index contributed by atoms with van der Waals surface area (Å²) in [5, 5.41) is 1.06. The summed E-state index contributed by atoms with van der Waals surface area (Å²) >= 11 is 1.68. The molecule has 3 nitrogen and oxygen atoms in total. The molecule has 3 N–H and O–H groups in total. The molecule has 0 fully saturated rings. The first-order valence-corrected chi connectivity index (χ1v) is 7.03. The molecule has 1 heterocycles. The van der Waals surface area contributed by atoms with Crippen LogP contribution in [0.1, 0.15) is 40.4 Å². The number of nitrogens with two attached hydrogens (primary N) is 1. The maximum atomic E-state index is 5.67. The van der Waals surface area contributed by atoms with Gasteiger partial charge in [-0.1, -0.05) is 37.6 Å².